The third kappa shape index (κ3) is 3.53. The number of hydrogen-bond donors (Lipinski definition) is 2. The van der Waals surface area contributed by atoms with E-state index in [4.69, 9.17) is 20.6 Å². The van der Waals surface area contributed by atoms with E-state index in [-0.39, 0.29) is 5.84 Å². The zero-order chi connectivity index (χ0) is 11.3. The van der Waals surface area contributed by atoms with Crippen molar-refractivity contribution in [2.75, 3.05) is 20.3 Å². The predicted octanol–water partition coefficient (Wildman–Crippen LogP) is 1.76. The van der Waals surface area contributed by atoms with Crippen LogP contribution in [0.1, 0.15) is 5.56 Å². The Bertz CT molecular complexity index is 355. The van der Waals surface area contributed by atoms with Crippen LogP contribution in [0.5, 0.6) is 5.75 Å². The lowest BCUT2D eigenvalue weighted by atomic mass is 10.2. The van der Waals surface area contributed by atoms with Gasteiger partial charge in [-0.15, -0.1) is 0 Å². The third-order valence-corrected chi connectivity index (χ3v) is 2.27. The Morgan fingerprint density at radius 3 is 2.80 bits per heavy atom. The molecular weight excluding hydrogens is 260 g/mol. The lowest BCUT2D eigenvalue weighted by Gasteiger charge is -2.10. The van der Waals surface area contributed by atoms with Gasteiger partial charge in [-0.05, 0) is 18.2 Å². The topological polar surface area (TPSA) is 68.3 Å². The van der Waals surface area contributed by atoms with Crippen LogP contribution in [0.4, 0.5) is 0 Å². The summed E-state index contributed by atoms with van der Waals surface area (Å²) in [6.07, 6.45) is 0. The van der Waals surface area contributed by atoms with Gasteiger partial charge in [-0.1, -0.05) is 15.9 Å². The SMILES string of the molecule is COCCOc1ccc(Br)cc1C(=N)N. The van der Waals surface area contributed by atoms with Crippen LogP contribution in [0, 0.1) is 5.41 Å². The quantitative estimate of drug-likeness (QED) is 0.488. The van der Waals surface area contributed by atoms with Crippen molar-refractivity contribution in [3.05, 3.63) is 28.2 Å². The van der Waals surface area contributed by atoms with E-state index in [1.807, 2.05) is 6.07 Å². The number of rotatable bonds is 5. The molecule has 82 valence electrons. The number of nitrogens with one attached hydrogen (secondary N) is 1. The highest BCUT2D eigenvalue weighted by Gasteiger charge is 2.06. The molecule has 0 radical (unpaired) electrons. The van der Waals surface area contributed by atoms with E-state index >= 15 is 0 Å². The standard InChI is InChI=1S/C10H13BrN2O2/c1-14-4-5-15-9-3-2-7(11)6-8(9)10(12)13/h2-3,6H,4-5H2,1H3,(H3,12,13). The summed E-state index contributed by atoms with van der Waals surface area (Å²) in [6, 6.07) is 5.37. The van der Waals surface area contributed by atoms with Crippen molar-refractivity contribution in [3.63, 3.8) is 0 Å². The number of hydrogen-bond acceptors (Lipinski definition) is 3. The molecule has 0 aliphatic heterocycles. The Morgan fingerprint density at radius 1 is 1.47 bits per heavy atom. The van der Waals surface area contributed by atoms with Gasteiger partial charge in [0.2, 0.25) is 0 Å². The molecule has 0 atom stereocenters. The summed E-state index contributed by atoms with van der Waals surface area (Å²) in [6.45, 7) is 0.950. The minimum Gasteiger partial charge on any atom is -0.490 e. The molecule has 1 rings (SSSR count). The van der Waals surface area contributed by atoms with Crippen LogP contribution in [0.25, 0.3) is 0 Å². The molecule has 0 saturated heterocycles. The Morgan fingerprint density at radius 2 is 2.20 bits per heavy atom. The maximum atomic E-state index is 7.40. The minimum atomic E-state index is -0.0104. The number of benzene rings is 1. The zero-order valence-electron chi connectivity index (χ0n) is 8.42. The monoisotopic (exact) mass is 272 g/mol. The van der Waals surface area contributed by atoms with Crippen LogP contribution in [0.3, 0.4) is 0 Å². The van der Waals surface area contributed by atoms with Gasteiger partial charge < -0.3 is 15.2 Å². The molecular formula is C10H13BrN2O2. The molecule has 0 aromatic heterocycles. The highest BCUT2D eigenvalue weighted by molar-refractivity contribution is 9.10. The fraction of sp³-hybridized carbons (Fsp3) is 0.300. The molecule has 0 fully saturated rings. The molecule has 0 amide bonds. The summed E-state index contributed by atoms with van der Waals surface area (Å²) in [5, 5.41) is 7.40. The molecule has 0 heterocycles. The summed E-state index contributed by atoms with van der Waals surface area (Å²) >= 11 is 3.31. The average Bonchev–Trinajstić information content (AvgIpc) is 2.20. The van der Waals surface area contributed by atoms with Crippen LogP contribution in [-0.4, -0.2) is 26.2 Å². The molecule has 0 unspecified atom stereocenters. The first-order valence-corrected chi connectivity index (χ1v) is 5.20. The van der Waals surface area contributed by atoms with Gasteiger partial charge in [0, 0.05) is 11.6 Å². The first-order valence-electron chi connectivity index (χ1n) is 4.41. The van der Waals surface area contributed by atoms with Crippen molar-refractivity contribution in [3.8, 4) is 5.75 Å². The van der Waals surface area contributed by atoms with Crippen molar-refractivity contribution in [1.29, 1.82) is 5.41 Å². The molecule has 3 N–H and O–H groups in total. The average molecular weight is 273 g/mol. The third-order valence-electron chi connectivity index (χ3n) is 1.78. The fourth-order valence-electron chi connectivity index (χ4n) is 1.07. The molecule has 4 nitrogen and oxygen atoms in total. The Hall–Kier alpha value is -1.07. The highest BCUT2D eigenvalue weighted by atomic mass is 79.9. The highest BCUT2D eigenvalue weighted by Crippen LogP contribution is 2.22. The number of halogens is 1. The van der Waals surface area contributed by atoms with Gasteiger partial charge in [0.25, 0.3) is 0 Å². The second-order valence-electron chi connectivity index (χ2n) is 2.90. The number of nitrogen functional groups attached to an aromatic ring is 1. The number of nitrogens with two attached hydrogens (primary N) is 1. The molecule has 0 saturated carbocycles. The van der Waals surface area contributed by atoms with E-state index in [2.05, 4.69) is 15.9 Å². The van der Waals surface area contributed by atoms with Crippen LogP contribution in [-0.2, 0) is 4.74 Å². The number of ether oxygens (including phenoxy) is 2. The van der Waals surface area contributed by atoms with Crippen molar-refractivity contribution in [2.24, 2.45) is 5.73 Å². The minimum absolute atomic E-state index is 0.0104. The summed E-state index contributed by atoms with van der Waals surface area (Å²) in [7, 11) is 1.61. The number of methoxy groups -OCH3 is 1. The van der Waals surface area contributed by atoms with Gasteiger partial charge in [-0.25, -0.2) is 0 Å². The predicted molar refractivity (Wildman–Crippen MR) is 62.5 cm³/mol. The van der Waals surface area contributed by atoms with Crippen molar-refractivity contribution < 1.29 is 9.47 Å². The summed E-state index contributed by atoms with van der Waals surface area (Å²) in [4.78, 5) is 0. The van der Waals surface area contributed by atoms with Crippen LogP contribution < -0.4 is 10.5 Å². The van der Waals surface area contributed by atoms with E-state index in [0.29, 0.717) is 24.5 Å². The van der Waals surface area contributed by atoms with E-state index < -0.39 is 0 Å². The van der Waals surface area contributed by atoms with E-state index in [9.17, 15) is 0 Å². The molecule has 0 aliphatic rings. The Kier molecular flexibility index (Phi) is 4.58. The van der Waals surface area contributed by atoms with Crippen LogP contribution in [0.15, 0.2) is 22.7 Å². The molecule has 0 spiro atoms. The first-order chi connectivity index (χ1) is 7.15. The van der Waals surface area contributed by atoms with Gasteiger partial charge in [0.05, 0.1) is 12.2 Å². The second-order valence-corrected chi connectivity index (χ2v) is 3.81. The molecule has 1 aromatic carbocycles. The summed E-state index contributed by atoms with van der Waals surface area (Å²) < 4.78 is 11.2. The van der Waals surface area contributed by atoms with Gasteiger partial charge in [0.15, 0.2) is 0 Å². The van der Waals surface area contributed by atoms with Crippen molar-refractivity contribution in [2.45, 2.75) is 0 Å². The maximum Gasteiger partial charge on any atom is 0.130 e. The van der Waals surface area contributed by atoms with Gasteiger partial charge >= 0.3 is 0 Å². The lowest BCUT2D eigenvalue weighted by Crippen LogP contribution is -2.14. The van der Waals surface area contributed by atoms with Crippen LogP contribution >= 0.6 is 15.9 Å². The Labute approximate surface area is 97.0 Å². The van der Waals surface area contributed by atoms with Crippen molar-refractivity contribution in [1.82, 2.24) is 0 Å². The zero-order valence-corrected chi connectivity index (χ0v) is 10.0. The van der Waals surface area contributed by atoms with Gasteiger partial charge in [-0.3, -0.25) is 5.41 Å². The molecule has 15 heavy (non-hydrogen) atoms. The van der Waals surface area contributed by atoms with E-state index in [0.717, 1.165) is 4.47 Å². The second kappa shape index (κ2) is 5.72. The molecule has 0 aliphatic carbocycles. The van der Waals surface area contributed by atoms with Crippen molar-refractivity contribution >= 4 is 21.8 Å². The number of amidine groups is 1. The summed E-state index contributed by atoms with van der Waals surface area (Å²) in [5.41, 5.74) is 6.02. The van der Waals surface area contributed by atoms with E-state index in [1.54, 1.807) is 19.2 Å². The normalized spacial score (nSPS) is 10.0. The smallest absolute Gasteiger partial charge is 0.130 e. The maximum absolute atomic E-state index is 7.40. The molecule has 5 heteroatoms. The van der Waals surface area contributed by atoms with Gasteiger partial charge in [0.1, 0.15) is 18.2 Å². The molecule has 1 aromatic rings. The van der Waals surface area contributed by atoms with Crippen LogP contribution in [0.2, 0.25) is 0 Å². The van der Waals surface area contributed by atoms with Gasteiger partial charge in [-0.2, -0.15) is 0 Å². The summed E-state index contributed by atoms with van der Waals surface area (Å²) in [5.74, 6) is 0.589. The fourth-order valence-corrected chi connectivity index (χ4v) is 1.43. The van der Waals surface area contributed by atoms with E-state index in [1.165, 1.54) is 0 Å². The molecule has 0 bridgehead atoms. The largest absolute Gasteiger partial charge is 0.490 e. The Balaban J connectivity index is 2.81. The first kappa shape index (κ1) is 12.0. The lowest BCUT2D eigenvalue weighted by molar-refractivity contribution is 0.146.